The number of primary amides is 1. The van der Waals surface area contributed by atoms with Crippen LogP contribution in [0.15, 0.2) is 30.3 Å². The van der Waals surface area contributed by atoms with Crippen molar-refractivity contribution in [1.82, 2.24) is 0 Å². The van der Waals surface area contributed by atoms with Crippen LogP contribution in [-0.2, 0) is 4.79 Å². The first-order valence-electron chi connectivity index (χ1n) is 15.9. The fourth-order valence-electron chi connectivity index (χ4n) is 6.87. The third-order valence-electron chi connectivity index (χ3n) is 10.1. The quantitative estimate of drug-likeness (QED) is 0.420. The molecule has 1 aromatic rings. The van der Waals surface area contributed by atoms with Gasteiger partial charge in [-0.1, -0.05) is 91.6 Å². The third-order valence-corrected chi connectivity index (χ3v) is 10.1. The molecule has 1 aromatic carbocycles. The average Bonchev–Trinajstić information content (AvgIpc) is 2.90. The molecule has 0 heterocycles. The van der Waals surface area contributed by atoms with Crippen LogP contribution in [0.5, 0.6) is 0 Å². The molecule has 3 aliphatic rings. The normalized spacial score (nSPS) is 30.2. The van der Waals surface area contributed by atoms with E-state index in [-0.39, 0.29) is 11.8 Å². The fourth-order valence-corrected chi connectivity index (χ4v) is 6.87. The van der Waals surface area contributed by atoms with Crippen molar-refractivity contribution in [2.24, 2.45) is 53.1 Å². The van der Waals surface area contributed by atoms with Crippen LogP contribution in [0.1, 0.15) is 137 Å². The van der Waals surface area contributed by atoms with Gasteiger partial charge >= 0.3 is 0 Å². The van der Waals surface area contributed by atoms with Crippen LogP contribution >= 0.6 is 0 Å². The van der Waals surface area contributed by atoms with E-state index in [0.29, 0.717) is 0 Å². The van der Waals surface area contributed by atoms with Gasteiger partial charge < -0.3 is 5.73 Å². The van der Waals surface area contributed by atoms with E-state index < -0.39 is 0 Å². The van der Waals surface area contributed by atoms with Crippen LogP contribution < -0.4 is 5.73 Å². The second-order valence-corrected chi connectivity index (χ2v) is 13.8. The second-order valence-electron chi connectivity index (χ2n) is 13.8. The zero-order valence-electron chi connectivity index (χ0n) is 25.6. The number of benzene rings is 1. The van der Waals surface area contributed by atoms with Crippen molar-refractivity contribution >= 4 is 5.91 Å². The fraction of sp³-hybridized carbons (Fsp3) is 0.800. The summed E-state index contributed by atoms with van der Waals surface area (Å²) in [6, 6.07) is 11.0. The highest BCUT2D eigenvalue weighted by molar-refractivity contribution is 5.76. The molecular weight excluding hydrogens is 450 g/mol. The van der Waals surface area contributed by atoms with E-state index in [9.17, 15) is 4.79 Å². The Labute approximate surface area is 231 Å². The number of rotatable bonds is 5. The number of carbonyl (C=O) groups is 1. The summed E-state index contributed by atoms with van der Waals surface area (Å²) in [5.74, 6) is 7.31. The highest BCUT2D eigenvalue weighted by Crippen LogP contribution is 2.38. The van der Waals surface area contributed by atoms with Gasteiger partial charge in [-0.15, -0.1) is 0 Å². The van der Waals surface area contributed by atoms with Crippen molar-refractivity contribution in [2.75, 3.05) is 0 Å². The highest BCUT2D eigenvalue weighted by atomic mass is 16.1. The molecular formula is C35H61NO. The van der Waals surface area contributed by atoms with Crippen LogP contribution in [0.3, 0.4) is 0 Å². The first-order chi connectivity index (χ1) is 17.6. The minimum absolute atomic E-state index is 0.0998. The number of amides is 1. The first-order valence-corrected chi connectivity index (χ1v) is 15.9. The molecule has 2 heteroatoms. The van der Waals surface area contributed by atoms with E-state index in [1.807, 2.05) is 0 Å². The topological polar surface area (TPSA) is 43.1 Å². The van der Waals surface area contributed by atoms with Gasteiger partial charge in [-0.2, -0.15) is 0 Å². The molecule has 37 heavy (non-hydrogen) atoms. The van der Waals surface area contributed by atoms with Gasteiger partial charge in [0.15, 0.2) is 0 Å². The van der Waals surface area contributed by atoms with Gasteiger partial charge in [0, 0.05) is 5.92 Å². The second kappa shape index (κ2) is 16.6. The Kier molecular flexibility index (Phi) is 14.3. The monoisotopic (exact) mass is 511 g/mol. The molecule has 0 unspecified atom stereocenters. The van der Waals surface area contributed by atoms with E-state index in [0.717, 1.165) is 60.2 Å². The Balaban J connectivity index is 0.000000200. The Morgan fingerprint density at radius 1 is 0.622 bits per heavy atom. The van der Waals surface area contributed by atoms with Crippen molar-refractivity contribution in [3.05, 3.63) is 35.9 Å². The van der Waals surface area contributed by atoms with Gasteiger partial charge in [-0.05, 0) is 117 Å². The van der Waals surface area contributed by atoms with Gasteiger partial charge in [0.25, 0.3) is 0 Å². The SMILES string of the molecule is CC(C)C1CCC(C(N)=O)CC1.CC(C)C1CCC(c2ccccc2)CC1.CC1CCC(C(C)C)CC1. The lowest BCUT2D eigenvalue weighted by molar-refractivity contribution is -0.123. The summed E-state index contributed by atoms with van der Waals surface area (Å²) >= 11 is 0. The maximum Gasteiger partial charge on any atom is 0.220 e. The van der Waals surface area contributed by atoms with Gasteiger partial charge in [0.2, 0.25) is 5.91 Å². The molecule has 0 aliphatic heterocycles. The highest BCUT2D eigenvalue weighted by Gasteiger charge is 2.26. The Morgan fingerprint density at radius 3 is 1.38 bits per heavy atom. The molecule has 212 valence electrons. The summed E-state index contributed by atoms with van der Waals surface area (Å²) in [5.41, 5.74) is 6.81. The average molecular weight is 512 g/mol. The zero-order chi connectivity index (χ0) is 27.4. The van der Waals surface area contributed by atoms with Gasteiger partial charge in [-0.25, -0.2) is 0 Å². The zero-order valence-corrected chi connectivity index (χ0v) is 25.6. The number of carbonyl (C=O) groups excluding carboxylic acids is 1. The van der Waals surface area contributed by atoms with Crippen molar-refractivity contribution in [2.45, 2.75) is 131 Å². The summed E-state index contributed by atoms with van der Waals surface area (Å²) in [7, 11) is 0. The molecule has 0 radical (unpaired) electrons. The van der Waals surface area contributed by atoms with E-state index in [4.69, 9.17) is 5.73 Å². The van der Waals surface area contributed by atoms with Gasteiger partial charge in [0.05, 0.1) is 0 Å². The van der Waals surface area contributed by atoms with Gasteiger partial charge in [-0.3, -0.25) is 4.79 Å². The van der Waals surface area contributed by atoms with E-state index >= 15 is 0 Å². The Hall–Kier alpha value is -1.31. The number of nitrogens with two attached hydrogens (primary N) is 1. The van der Waals surface area contributed by atoms with Crippen molar-refractivity contribution < 1.29 is 4.79 Å². The lowest BCUT2D eigenvalue weighted by Gasteiger charge is -2.31. The summed E-state index contributed by atoms with van der Waals surface area (Å²) in [6.07, 6.45) is 16.0. The van der Waals surface area contributed by atoms with Crippen LogP contribution in [0.25, 0.3) is 0 Å². The van der Waals surface area contributed by atoms with E-state index in [1.54, 1.807) is 5.56 Å². The molecule has 3 saturated carbocycles. The largest absolute Gasteiger partial charge is 0.369 e. The third kappa shape index (κ3) is 11.5. The standard InChI is InChI=1S/C15H22.C10H19NO.C10H20/c1-12(2)13-8-10-15(11-9-13)14-6-4-3-5-7-14;1-7(2)8-3-5-9(6-4-8)10(11)12;1-8(2)10-6-4-9(3)5-7-10/h3-7,12-13,15H,8-11H2,1-2H3;7-9H,3-6H2,1-2H3,(H2,11,12);8-10H,4-7H2,1-3H3. The molecule has 0 aromatic heterocycles. The summed E-state index contributed by atoms with van der Waals surface area (Å²) in [6.45, 7) is 16.4. The Bertz CT molecular complexity index is 715. The molecule has 0 saturated heterocycles. The molecule has 0 spiro atoms. The summed E-state index contributed by atoms with van der Waals surface area (Å²) in [4.78, 5) is 10.9. The molecule has 3 aliphatic carbocycles. The predicted molar refractivity (Wildman–Crippen MR) is 161 cm³/mol. The smallest absolute Gasteiger partial charge is 0.220 e. The van der Waals surface area contributed by atoms with Crippen LogP contribution in [0, 0.1) is 47.3 Å². The molecule has 4 rings (SSSR count). The van der Waals surface area contributed by atoms with Crippen LogP contribution in [0.2, 0.25) is 0 Å². The molecule has 3 fully saturated rings. The van der Waals surface area contributed by atoms with E-state index in [1.165, 1.54) is 64.2 Å². The van der Waals surface area contributed by atoms with Crippen molar-refractivity contribution in [3.8, 4) is 0 Å². The first kappa shape index (κ1) is 31.9. The van der Waals surface area contributed by atoms with Crippen LogP contribution in [0.4, 0.5) is 0 Å². The summed E-state index contributed by atoms with van der Waals surface area (Å²) in [5, 5.41) is 0. The molecule has 0 atom stereocenters. The van der Waals surface area contributed by atoms with Gasteiger partial charge in [0.1, 0.15) is 0 Å². The maximum atomic E-state index is 10.9. The number of hydrogen-bond acceptors (Lipinski definition) is 1. The minimum atomic E-state index is -0.0998. The lowest BCUT2D eigenvalue weighted by atomic mass is 9.75. The lowest BCUT2D eigenvalue weighted by Crippen LogP contribution is -2.28. The summed E-state index contributed by atoms with van der Waals surface area (Å²) < 4.78 is 0. The Morgan fingerprint density at radius 2 is 1.00 bits per heavy atom. The molecule has 0 bridgehead atoms. The van der Waals surface area contributed by atoms with E-state index in [2.05, 4.69) is 78.8 Å². The van der Waals surface area contributed by atoms with Crippen LogP contribution in [-0.4, -0.2) is 5.91 Å². The minimum Gasteiger partial charge on any atom is -0.369 e. The molecule has 2 nitrogen and oxygen atoms in total. The molecule has 1 amide bonds. The predicted octanol–water partition coefficient (Wildman–Crippen LogP) is 10.0. The number of hydrogen-bond donors (Lipinski definition) is 1. The van der Waals surface area contributed by atoms with Crippen molar-refractivity contribution in [1.29, 1.82) is 0 Å². The maximum absolute atomic E-state index is 10.9. The molecule has 2 N–H and O–H groups in total. The van der Waals surface area contributed by atoms with Crippen molar-refractivity contribution in [3.63, 3.8) is 0 Å².